The van der Waals surface area contributed by atoms with Crippen molar-refractivity contribution in [3.8, 4) is 0 Å². The number of morpholine rings is 1. The van der Waals surface area contributed by atoms with Gasteiger partial charge < -0.3 is 9.64 Å². The van der Waals surface area contributed by atoms with E-state index in [1.54, 1.807) is 12.4 Å². The van der Waals surface area contributed by atoms with Crippen LogP contribution in [-0.2, 0) is 20.9 Å². The molecule has 2 amide bonds. The molecule has 4 rings (SSSR count). The van der Waals surface area contributed by atoms with E-state index in [0.29, 0.717) is 24.4 Å². The third-order valence-electron chi connectivity index (χ3n) is 5.74. The van der Waals surface area contributed by atoms with Gasteiger partial charge in [-0.15, -0.1) is 0 Å². The second-order valence-electron chi connectivity index (χ2n) is 8.24. The maximum absolute atomic E-state index is 13.5. The van der Waals surface area contributed by atoms with Gasteiger partial charge in [-0.2, -0.15) is 0 Å². The van der Waals surface area contributed by atoms with Crippen LogP contribution in [0.25, 0.3) is 5.57 Å². The van der Waals surface area contributed by atoms with Crippen molar-refractivity contribution in [2.45, 2.75) is 46.4 Å². The summed E-state index contributed by atoms with van der Waals surface area (Å²) in [6.45, 7) is 9.41. The number of aryl methyl sites for hydroxylation is 2. The Hall–Kier alpha value is -2.99. The van der Waals surface area contributed by atoms with Crippen LogP contribution in [0.2, 0.25) is 0 Å². The molecule has 2 atom stereocenters. The fourth-order valence-electron chi connectivity index (χ4n) is 4.19. The molecule has 30 heavy (non-hydrogen) atoms. The highest BCUT2D eigenvalue weighted by Crippen LogP contribution is 2.34. The zero-order valence-electron chi connectivity index (χ0n) is 17.9. The van der Waals surface area contributed by atoms with Crippen LogP contribution >= 0.6 is 0 Å². The van der Waals surface area contributed by atoms with Crippen molar-refractivity contribution < 1.29 is 14.3 Å². The normalized spacial score (nSPS) is 22.3. The third kappa shape index (κ3) is 3.75. The molecule has 2 aliphatic rings. The van der Waals surface area contributed by atoms with Crippen LogP contribution in [0.4, 0.5) is 0 Å². The molecule has 6 heteroatoms. The molecule has 2 aliphatic heterocycles. The summed E-state index contributed by atoms with van der Waals surface area (Å²) in [5.41, 5.74) is 4.81. The largest absolute Gasteiger partial charge is 0.372 e. The van der Waals surface area contributed by atoms with Crippen LogP contribution in [0.1, 0.15) is 36.1 Å². The van der Waals surface area contributed by atoms with Crippen molar-refractivity contribution in [3.63, 3.8) is 0 Å². The molecule has 2 unspecified atom stereocenters. The maximum atomic E-state index is 13.5. The number of carbonyl (C=O) groups excluding carboxylic acids is 2. The number of ether oxygens (including phenoxy) is 1. The second kappa shape index (κ2) is 8.03. The van der Waals surface area contributed by atoms with E-state index in [1.807, 2.05) is 62.9 Å². The zero-order valence-corrected chi connectivity index (χ0v) is 17.9. The van der Waals surface area contributed by atoms with Gasteiger partial charge in [-0.3, -0.25) is 19.5 Å². The number of aromatic nitrogens is 1. The number of nitrogens with zero attached hydrogens (tertiary/aromatic N) is 3. The van der Waals surface area contributed by atoms with Gasteiger partial charge in [-0.1, -0.05) is 24.3 Å². The first-order valence-corrected chi connectivity index (χ1v) is 10.3. The van der Waals surface area contributed by atoms with Crippen molar-refractivity contribution in [3.05, 3.63) is 70.7 Å². The first kappa shape index (κ1) is 20.3. The lowest BCUT2D eigenvalue weighted by Crippen LogP contribution is -2.46. The molecule has 2 aromatic rings. The van der Waals surface area contributed by atoms with Gasteiger partial charge in [0, 0.05) is 25.5 Å². The summed E-state index contributed by atoms with van der Waals surface area (Å²) in [6, 6.07) is 9.62. The predicted octanol–water partition coefficient (Wildman–Crippen LogP) is 3.09. The van der Waals surface area contributed by atoms with Crippen molar-refractivity contribution in [2.24, 2.45) is 0 Å². The number of rotatable bonds is 4. The topological polar surface area (TPSA) is 62.7 Å². The van der Waals surface area contributed by atoms with E-state index in [1.165, 1.54) is 4.90 Å². The Balaban J connectivity index is 1.78. The lowest BCUT2D eigenvalue weighted by Gasteiger charge is -2.37. The minimum Gasteiger partial charge on any atom is -0.372 e. The summed E-state index contributed by atoms with van der Waals surface area (Å²) in [5.74, 6) is -0.507. The summed E-state index contributed by atoms with van der Waals surface area (Å²) in [7, 11) is 0. The van der Waals surface area contributed by atoms with Gasteiger partial charge in [0.05, 0.1) is 24.3 Å². The number of hydrogen-bond donors (Lipinski definition) is 0. The van der Waals surface area contributed by atoms with Crippen molar-refractivity contribution in [1.82, 2.24) is 14.8 Å². The minimum absolute atomic E-state index is 0.0162. The third-order valence-corrected chi connectivity index (χ3v) is 5.74. The number of imide groups is 1. The van der Waals surface area contributed by atoms with Gasteiger partial charge >= 0.3 is 0 Å². The average Bonchev–Trinajstić information content (AvgIpc) is 2.95. The molecule has 1 aromatic carbocycles. The molecule has 1 saturated heterocycles. The van der Waals surface area contributed by atoms with Gasteiger partial charge in [0.15, 0.2) is 0 Å². The Morgan fingerprint density at radius 1 is 1.03 bits per heavy atom. The van der Waals surface area contributed by atoms with Crippen molar-refractivity contribution in [2.75, 3.05) is 13.1 Å². The van der Waals surface area contributed by atoms with Crippen LogP contribution in [0.5, 0.6) is 0 Å². The van der Waals surface area contributed by atoms with Crippen molar-refractivity contribution in [1.29, 1.82) is 0 Å². The Labute approximate surface area is 177 Å². The molecular formula is C24H27N3O3. The average molecular weight is 405 g/mol. The molecule has 0 N–H and O–H groups in total. The molecule has 6 nitrogen and oxygen atoms in total. The van der Waals surface area contributed by atoms with Gasteiger partial charge in [-0.25, -0.2) is 0 Å². The highest BCUT2D eigenvalue weighted by atomic mass is 16.5. The van der Waals surface area contributed by atoms with Crippen LogP contribution in [0.3, 0.4) is 0 Å². The van der Waals surface area contributed by atoms with E-state index in [2.05, 4.69) is 4.98 Å². The number of amides is 2. The number of carbonyl (C=O) groups is 2. The molecule has 0 saturated carbocycles. The predicted molar refractivity (Wildman–Crippen MR) is 114 cm³/mol. The zero-order chi connectivity index (χ0) is 21.4. The van der Waals surface area contributed by atoms with E-state index in [9.17, 15) is 9.59 Å². The minimum atomic E-state index is -0.256. The van der Waals surface area contributed by atoms with Gasteiger partial charge in [-0.05, 0) is 56.0 Å². The smallest absolute Gasteiger partial charge is 0.278 e. The summed E-state index contributed by atoms with van der Waals surface area (Å²) in [6.07, 6.45) is 3.33. The SMILES string of the molecule is Cc1ccc(C2=C(N3CC(C)OC(C)C3)C(=O)N(Cc3cccnc3)C2=O)cc1C. The molecule has 1 aromatic heterocycles. The summed E-state index contributed by atoms with van der Waals surface area (Å²) in [4.78, 5) is 34.5. The molecule has 156 valence electrons. The summed E-state index contributed by atoms with van der Waals surface area (Å²) < 4.78 is 5.85. The molecule has 0 bridgehead atoms. The van der Waals surface area contributed by atoms with E-state index in [0.717, 1.165) is 22.3 Å². The Kier molecular flexibility index (Phi) is 5.43. The van der Waals surface area contributed by atoms with E-state index in [4.69, 9.17) is 4.74 Å². The quantitative estimate of drug-likeness (QED) is 0.732. The Morgan fingerprint density at radius 3 is 2.40 bits per heavy atom. The van der Waals surface area contributed by atoms with E-state index >= 15 is 0 Å². The molecule has 0 aliphatic carbocycles. The van der Waals surface area contributed by atoms with Crippen LogP contribution in [0, 0.1) is 13.8 Å². The molecule has 0 spiro atoms. The van der Waals surface area contributed by atoms with Crippen molar-refractivity contribution >= 4 is 17.4 Å². The van der Waals surface area contributed by atoms with Gasteiger partial charge in [0.25, 0.3) is 11.8 Å². The summed E-state index contributed by atoms with van der Waals surface area (Å²) in [5, 5.41) is 0. The lowest BCUT2D eigenvalue weighted by atomic mass is 9.99. The fourth-order valence-corrected chi connectivity index (χ4v) is 4.19. The van der Waals surface area contributed by atoms with Crippen LogP contribution < -0.4 is 0 Å². The Bertz CT molecular complexity index is 1010. The maximum Gasteiger partial charge on any atom is 0.278 e. The molecular weight excluding hydrogens is 378 g/mol. The number of benzene rings is 1. The van der Waals surface area contributed by atoms with E-state index < -0.39 is 0 Å². The Morgan fingerprint density at radius 2 is 1.77 bits per heavy atom. The number of pyridine rings is 1. The molecule has 1 fully saturated rings. The first-order chi connectivity index (χ1) is 14.3. The second-order valence-corrected chi connectivity index (χ2v) is 8.24. The van der Waals surface area contributed by atoms with Gasteiger partial charge in [0.1, 0.15) is 5.70 Å². The van der Waals surface area contributed by atoms with Gasteiger partial charge in [0.2, 0.25) is 0 Å². The standard InChI is InChI=1S/C24H27N3O3/c1-15-7-8-20(10-16(15)2)21-22(26-12-17(3)30-18(4)13-26)24(29)27(23(21)28)14-19-6-5-9-25-11-19/h5-11,17-18H,12-14H2,1-4H3. The first-order valence-electron chi connectivity index (χ1n) is 10.3. The highest BCUT2D eigenvalue weighted by molar-refractivity contribution is 6.35. The fraction of sp³-hybridized carbons (Fsp3) is 0.375. The summed E-state index contributed by atoms with van der Waals surface area (Å²) >= 11 is 0. The molecule has 0 radical (unpaired) electrons. The van der Waals surface area contributed by atoms with E-state index in [-0.39, 0.29) is 30.6 Å². The molecule has 3 heterocycles. The van der Waals surface area contributed by atoms with Crippen LogP contribution in [-0.4, -0.2) is 51.9 Å². The highest BCUT2D eigenvalue weighted by Gasteiger charge is 2.43. The lowest BCUT2D eigenvalue weighted by molar-refractivity contribution is -0.139. The van der Waals surface area contributed by atoms with Crippen LogP contribution in [0.15, 0.2) is 48.4 Å². The monoisotopic (exact) mass is 405 g/mol. The number of hydrogen-bond acceptors (Lipinski definition) is 5.